The van der Waals surface area contributed by atoms with E-state index in [2.05, 4.69) is 9.88 Å². The van der Waals surface area contributed by atoms with Gasteiger partial charge in [-0.15, -0.1) is 0 Å². The maximum Gasteiger partial charge on any atom is 0.332 e. The van der Waals surface area contributed by atoms with Crippen molar-refractivity contribution in [3.8, 4) is 0 Å². The number of aryl methyl sites for hydroxylation is 3. The molecule has 0 bridgehead atoms. The van der Waals surface area contributed by atoms with Gasteiger partial charge in [-0.25, -0.2) is 9.78 Å². The number of fused-ring (bicyclic) bond motifs is 1. The van der Waals surface area contributed by atoms with Crippen molar-refractivity contribution in [3.05, 3.63) is 68.0 Å². The number of hydrogen-bond acceptors (Lipinski definition) is 5. The quantitative estimate of drug-likeness (QED) is 0.639. The van der Waals surface area contributed by atoms with E-state index in [-0.39, 0.29) is 23.7 Å². The van der Waals surface area contributed by atoms with Crippen molar-refractivity contribution in [2.75, 3.05) is 31.1 Å². The van der Waals surface area contributed by atoms with Crippen molar-refractivity contribution in [2.24, 2.45) is 7.05 Å². The average molecular weight is 422 g/mol. The van der Waals surface area contributed by atoms with Crippen molar-refractivity contribution < 1.29 is 4.79 Å². The Hall–Kier alpha value is -3.42. The van der Waals surface area contributed by atoms with Crippen LogP contribution in [0.25, 0.3) is 11.0 Å². The van der Waals surface area contributed by atoms with Gasteiger partial charge >= 0.3 is 5.69 Å². The molecule has 0 saturated carbocycles. The Kier molecular flexibility index (Phi) is 5.39. The lowest BCUT2D eigenvalue weighted by molar-refractivity contribution is -0.129. The molecule has 162 valence electrons. The standard InChI is InChI=1S/C23H27N5O3/c1-15-5-6-16(2)18(13-15)14-28-22(30)20-19(7-8-24-21(20)25(4)23(28)31)27-11-9-26(10-12-27)17(3)29/h5-8,13H,9-12,14H2,1-4H3. The summed E-state index contributed by atoms with van der Waals surface area (Å²) in [7, 11) is 1.65. The molecule has 0 spiro atoms. The molecule has 4 rings (SSSR count). The van der Waals surface area contributed by atoms with Crippen LogP contribution in [0.15, 0.2) is 40.1 Å². The summed E-state index contributed by atoms with van der Waals surface area (Å²) in [5, 5.41) is 0.436. The monoisotopic (exact) mass is 421 g/mol. The minimum Gasteiger partial charge on any atom is -0.367 e. The van der Waals surface area contributed by atoms with Crippen LogP contribution in [0.4, 0.5) is 5.69 Å². The third kappa shape index (κ3) is 3.73. The number of aromatic nitrogens is 3. The average Bonchev–Trinajstić information content (AvgIpc) is 2.77. The molecular formula is C23H27N5O3. The zero-order valence-corrected chi connectivity index (χ0v) is 18.4. The largest absolute Gasteiger partial charge is 0.367 e. The number of piperazine rings is 1. The molecule has 1 aliphatic heterocycles. The van der Waals surface area contributed by atoms with Crippen LogP contribution in [-0.2, 0) is 18.4 Å². The van der Waals surface area contributed by atoms with Crippen LogP contribution in [0.1, 0.15) is 23.6 Å². The lowest BCUT2D eigenvalue weighted by Gasteiger charge is -2.36. The van der Waals surface area contributed by atoms with Gasteiger partial charge in [-0.05, 0) is 31.0 Å². The molecule has 2 aromatic heterocycles. The first kappa shape index (κ1) is 20.8. The number of pyridine rings is 1. The lowest BCUT2D eigenvalue weighted by Crippen LogP contribution is -2.48. The minimum atomic E-state index is -0.385. The second-order valence-corrected chi connectivity index (χ2v) is 8.18. The van der Waals surface area contributed by atoms with Crippen LogP contribution in [0.3, 0.4) is 0 Å². The fraction of sp³-hybridized carbons (Fsp3) is 0.391. The highest BCUT2D eigenvalue weighted by atomic mass is 16.2. The predicted molar refractivity (Wildman–Crippen MR) is 121 cm³/mol. The Morgan fingerprint density at radius 3 is 2.45 bits per heavy atom. The van der Waals surface area contributed by atoms with E-state index in [1.807, 2.05) is 38.1 Å². The van der Waals surface area contributed by atoms with Crippen LogP contribution in [-0.4, -0.2) is 51.1 Å². The van der Waals surface area contributed by atoms with E-state index < -0.39 is 0 Å². The molecule has 0 N–H and O–H groups in total. The molecule has 0 radical (unpaired) electrons. The summed E-state index contributed by atoms with van der Waals surface area (Å²) in [5.41, 5.74) is 3.46. The first-order chi connectivity index (χ1) is 14.8. The molecule has 0 aliphatic carbocycles. The van der Waals surface area contributed by atoms with Gasteiger partial charge in [0.15, 0.2) is 5.65 Å². The predicted octanol–water partition coefficient (Wildman–Crippen LogP) is 1.43. The third-order valence-corrected chi connectivity index (χ3v) is 6.10. The molecule has 3 heterocycles. The fourth-order valence-electron chi connectivity index (χ4n) is 4.20. The molecule has 1 saturated heterocycles. The first-order valence-corrected chi connectivity index (χ1v) is 10.4. The number of carbonyl (C=O) groups is 1. The summed E-state index contributed by atoms with van der Waals surface area (Å²) < 4.78 is 2.73. The number of hydrogen-bond donors (Lipinski definition) is 0. The second-order valence-electron chi connectivity index (χ2n) is 8.18. The highest BCUT2D eigenvalue weighted by Gasteiger charge is 2.23. The van der Waals surface area contributed by atoms with Crippen LogP contribution < -0.4 is 16.1 Å². The normalized spacial score (nSPS) is 14.3. The minimum absolute atomic E-state index is 0.0533. The van der Waals surface area contributed by atoms with Gasteiger partial charge in [0, 0.05) is 46.3 Å². The van der Waals surface area contributed by atoms with E-state index in [4.69, 9.17) is 0 Å². The van der Waals surface area contributed by atoms with Gasteiger partial charge in [0.05, 0.1) is 12.2 Å². The molecular weight excluding hydrogens is 394 g/mol. The number of nitrogens with zero attached hydrogens (tertiary/aromatic N) is 5. The van der Waals surface area contributed by atoms with Crippen LogP contribution in [0, 0.1) is 13.8 Å². The summed E-state index contributed by atoms with van der Waals surface area (Å²) in [4.78, 5) is 46.5. The Bertz CT molecular complexity index is 1280. The molecule has 1 aromatic carbocycles. The summed E-state index contributed by atoms with van der Waals surface area (Å²) in [6.45, 7) is 8.19. The van der Waals surface area contributed by atoms with E-state index >= 15 is 0 Å². The summed E-state index contributed by atoms with van der Waals surface area (Å²) in [6.07, 6.45) is 1.63. The van der Waals surface area contributed by atoms with Gasteiger partial charge in [0.1, 0.15) is 5.39 Å². The van der Waals surface area contributed by atoms with Crippen molar-refractivity contribution >= 4 is 22.6 Å². The van der Waals surface area contributed by atoms with Crippen LogP contribution in [0.5, 0.6) is 0 Å². The van der Waals surface area contributed by atoms with Crippen molar-refractivity contribution in [2.45, 2.75) is 27.3 Å². The SMILES string of the molecule is CC(=O)N1CCN(c2ccnc3c2c(=O)n(Cc2cc(C)ccc2C)c(=O)n3C)CC1. The smallest absolute Gasteiger partial charge is 0.332 e. The van der Waals surface area contributed by atoms with Crippen LogP contribution >= 0.6 is 0 Å². The number of benzene rings is 1. The van der Waals surface area contributed by atoms with Gasteiger partial charge in [-0.2, -0.15) is 0 Å². The molecule has 8 nitrogen and oxygen atoms in total. The van der Waals surface area contributed by atoms with E-state index in [9.17, 15) is 14.4 Å². The Morgan fingerprint density at radius 1 is 1.06 bits per heavy atom. The summed E-state index contributed by atoms with van der Waals surface area (Å²) in [6, 6.07) is 7.85. The molecule has 1 fully saturated rings. The zero-order chi connectivity index (χ0) is 22.3. The highest BCUT2D eigenvalue weighted by molar-refractivity contribution is 5.89. The molecule has 8 heteroatoms. The number of amides is 1. The topological polar surface area (TPSA) is 80.4 Å². The molecule has 31 heavy (non-hydrogen) atoms. The Labute approximate surface area is 180 Å². The van der Waals surface area contributed by atoms with E-state index in [1.54, 1.807) is 25.1 Å². The van der Waals surface area contributed by atoms with Gasteiger partial charge < -0.3 is 9.80 Å². The number of carbonyl (C=O) groups excluding carboxylic acids is 1. The molecule has 0 atom stereocenters. The summed E-state index contributed by atoms with van der Waals surface area (Å²) in [5.74, 6) is 0.0533. The fourth-order valence-corrected chi connectivity index (χ4v) is 4.20. The zero-order valence-electron chi connectivity index (χ0n) is 18.4. The van der Waals surface area contributed by atoms with Crippen molar-refractivity contribution in [1.29, 1.82) is 0 Å². The van der Waals surface area contributed by atoms with Gasteiger partial charge in [0.2, 0.25) is 5.91 Å². The third-order valence-electron chi connectivity index (χ3n) is 6.10. The molecule has 0 unspecified atom stereocenters. The Morgan fingerprint density at radius 2 is 1.77 bits per heavy atom. The maximum atomic E-state index is 13.6. The van der Waals surface area contributed by atoms with E-state index in [0.717, 1.165) is 22.4 Å². The van der Waals surface area contributed by atoms with Crippen LogP contribution in [0.2, 0.25) is 0 Å². The van der Waals surface area contributed by atoms with Gasteiger partial charge in [0.25, 0.3) is 5.56 Å². The highest BCUT2D eigenvalue weighted by Crippen LogP contribution is 2.23. The van der Waals surface area contributed by atoms with Crippen molar-refractivity contribution in [3.63, 3.8) is 0 Å². The molecule has 3 aromatic rings. The molecule has 1 aliphatic rings. The lowest BCUT2D eigenvalue weighted by atomic mass is 10.1. The van der Waals surface area contributed by atoms with Gasteiger partial charge in [-0.3, -0.25) is 18.7 Å². The summed E-state index contributed by atoms with van der Waals surface area (Å²) >= 11 is 0. The second kappa shape index (κ2) is 8.02. The van der Waals surface area contributed by atoms with E-state index in [1.165, 1.54) is 9.13 Å². The Balaban J connectivity index is 1.84. The van der Waals surface area contributed by atoms with Crippen molar-refractivity contribution in [1.82, 2.24) is 19.0 Å². The van der Waals surface area contributed by atoms with E-state index in [0.29, 0.717) is 37.2 Å². The molecule has 1 amide bonds. The number of anilines is 1. The van der Waals surface area contributed by atoms with Gasteiger partial charge in [-0.1, -0.05) is 23.8 Å². The maximum absolute atomic E-state index is 13.6. The number of rotatable bonds is 3. The first-order valence-electron chi connectivity index (χ1n) is 10.4.